The largest absolute Gasteiger partial charge is 0.493 e. The average molecular weight is 443 g/mol. The number of alkyl halides is 3. The third kappa shape index (κ3) is 3.94. The van der Waals surface area contributed by atoms with E-state index in [4.69, 9.17) is 0 Å². The molecule has 0 unspecified atom stereocenters. The highest BCUT2D eigenvalue weighted by Gasteiger charge is 2.30. The monoisotopic (exact) mass is 443 g/mol. The van der Waals surface area contributed by atoms with Crippen LogP contribution in [0.2, 0.25) is 0 Å². The van der Waals surface area contributed by atoms with Gasteiger partial charge in [-0.15, -0.1) is 0 Å². The Bertz CT molecular complexity index is 1500. The molecular formula is C20H16F3N7O2. The van der Waals surface area contributed by atoms with Gasteiger partial charge in [0.15, 0.2) is 11.1 Å². The van der Waals surface area contributed by atoms with Crippen LogP contribution in [0.25, 0.3) is 11.7 Å². The van der Waals surface area contributed by atoms with E-state index < -0.39 is 17.4 Å². The minimum atomic E-state index is -4.47. The number of imidazole rings is 1. The summed E-state index contributed by atoms with van der Waals surface area (Å²) in [6.45, 7) is 0. The predicted molar refractivity (Wildman–Crippen MR) is 108 cm³/mol. The summed E-state index contributed by atoms with van der Waals surface area (Å²) in [7, 11) is 0. The zero-order valence-electron chi connectivity index (χ0n) is 16.3. The van der Waals surface area contributed by atoms with Crippen molar-refractivity contribution in [2.24, 2.45) is 4.99 Å². The molecule has 1 aromatic carbocycles. The Morgan fingerprint density at radius 3 is 2.75 bits per heavy atom. The van der Waals surface area contributed by atoms with Crippen LogP contribution < -0.4 is 21.7 Å². The number of rotatable bonds is 4. The van der Waals surface area contributed by atoms with E-state index in [0.717, 1.165) is 25.0 Å². The molecule has 0 spiro atoms. The van der Waals surface area contributed by atoms with Crippen LogP contribution in [0.4, 0.5) is 24.7 Å². The molecule has 0 aliphatic heterocycles. The van der Waals surface area contributed by atoms with Crippen molar-refractivity contribution in [3.63, 3.8) is 0 Å². The lowest BCUT2D eigenvalue weighted by Gasteiger charge is -2.10. The first-order valence-electron chi connectivity index (χ1n) is 9.66. The number of benzene rings is 1. The van der Waals surface area contributed by atoms with Gasteiger partial charge < -0.3 is 15.4 Å². The SMILES string of the molecule is O=c1[nH]c(O)c(/C=c2\cnn3c(=NC4CC4)cc(Nc4cccc(C(F)(F)F)c4)nc23)[nH]1. The number of halogens is 3. The second-order valence-electron chi connectivity index (χ2n) is 7.38. The van der Waals surface area contributed by atoms with Crippen LogP contribution >= 0.6 is 0 Å². The maximum Gasteiger partial charge on any atom is 0.416 e. The van der Waals surface area contributed by atoms with Crippen LogP contribution in [-0.4, -0.2) is 35.7 Å². The fourth-order valence-corrected chi connectivity index (χ4v) is 3.18. The number of fused-ring (bicyclic) bond motifs is 1. The molecule has 3 aromatic heterocycles. The molecule has 3 heterocycles. The van der Waals surface area contributed by atoms with Gasteiger partial charge in [0, 0.05) is 17.0 Å². The van der Waals surface area contributed by atoms with E-state index in [1.54, 1.807) is 6.07 Å². The highest BCUT2D eigenvalue weighted by molar-refractivity contribution is 5.61. The van der Waals surface area contributed by atoms with Crippen molar-refractivity contribution >= 4 is 23.2 Å². The molecule has 1 aliphatic carbocycles. The van der Waals surface area contributed by atoms with Gasteiger partial charge in [-0.05, 0) is 37.1 Å². The van der Waals surface area contributed by atoms with Gasteiger partial charge in [0.2, 0.25) is 5.88 Å². The number of nitrogens with zero attached hydrogens (tertiary/aromatic N) is 4. The molecule has 1 saturated carbocycles. The average Bonchev–Trinajstić information content (AvgIpc) is 3.36. The number of anilines is 2. The summed E-state index contributed by atoms with van der Waals surface area (Å²) in [5.41, 5.74) is -0.164. The van der Waals surface area contributed by atoms with Crippen molar-refractivity contribution in [2.75, 3.05) is 5.32 Å². The summed E-state index contributed by atoms with van der Waals surface area (Å²) in [5.74, 6) is -0.0614. The molecule has 0 saturated heterocycles. The van der Waals surface area contributed by atoms with Gasteiger partial charge in [-0.3, -0.25) is 9.98 Å². The molecule has 5 rings (SSSR count). The molecular weight excluding hydrogens is 427 g/mol. The first-order chi connectivity index (χ1) is 15.3. The van der Waals surface area contributed by atoms with Crippen molar-refractivity contribution < 1.29 is 18.3 Å². The zero-order chi connectivity index (χ0) is 22.5. The van der Waals surface area contributed by atoms with Gasteiger partial charge in [0.25, 0.3) is 0 Å². The van der Waals surface area contributed by atoms with Crippen molar-refractivity contribution in [3.05, 3.63) is 69.0 Å². The maximum absolute atomic E-state index is 13.1. The molecule has 4 N–H and O–H groups in total. The quantitative estimate of drug-likeness (QED) is 0.383. The lowest BCUT2D eigenvalue weighted by molar-refractivity contribution is -0.137. The van der Waals surface area contributed by atoms with Crippen LogP contribution in [0, 0.1) is 0 Å². The third-order valence-electron chi connectivity index (χ3n) is 4.84. The van der Waals surface area contributed by atoms with E-state index >= 15 is 0 Å². The summed E-state index contributed by atoms with van der Waals surface area (Å²) >= 11 is 0. The molecule has 32 heavy (non-hydrogen) atoms. The van der Waals surface area contributed by atoms with Gasteiger partial charge in [-0.25, -0.2) is 9.78 Å². The molecule has 0 radical (unpaired) electrons. The first-order valence-corrected chi connectivity index (χ1v) is 9.66. The minimum Gasteiger partial charge on any atom is -0.493 e. The Balaban J connectivity index is 1.64. The van der Waals surface area contributed by atoms with Gasteiger partial charge in [-0.1, -0.05) is 6.07 Å². The van der Waals surface area contributed by atoms with Crippen molar-refractivity contribution in [3.8, 4) is 5.88 Å². The smallest absolute Gasteiger partial charge is 0.416 e. The maximum atomic E-state index is 13.1. The lowest BCUT2D eigenvalue weighted by atomic mass is 10.2. The molecule has 1 aliphatic rings. The second kappa shape index (κ2) is 7.25. The van der Waals surface area contributed by atoms with E-state index in [2.05, 4.69) is 30.4 Å². The van der Waals surface area contributed by atoms with Crippen LogP contribution in [-0.2, 0) is 6.18 Å². The number of aromatic amines is 2. The van der Waals surface area contributed by atoms with Gasteiger partial charge in [0.05, 0.1) is 17.8 Å². The molecule has 0 atom stereocenters. The lowest BCUT2D eigenvalue weighted by Crippen LogP contribution is -2.20. The summed E-state index contributed by atoms with van der Waals surface area (Å²) in [6, 6.07) is 6.56. The number of H-pyrrole nitrogens is 2. The summed E-state index contributed by atoms with van der Waals surface area (Å²) in [4.78, 5) is 25.2. The fraction of sp³-hybridized carbons (Fsp3) is 0.200. The van der Waals surface area contributed by atoms with Gasteiger partial charge in [-0.2, -0.15) is 22.8 Å². The highest BCUT2D eigenvalue weighted by Crippen LogP contribution is 2.31. The summed E-state index contributed by atoms with van der Waals surface area (Å²) < 4.78 is 40.7. The first kappa shape index (κ1) is 19.8. The molecule has 9 nitrogen and oxygen atoms in total. The Kier molecular flexibility index (Phi) is 4.50. The van der Waals surface area contributed by atoms with E-state index in [9.17, 15) is 23.1 Å². The molecule has 4 aromatic rings. The number of nitrogens with one attached hydrogen (secondary N) is 3. The van der Waals surface area contributed by atoms with Crippen LogP contribution in [0.1, 0.15) is 24.1 Å². The number of hydrogen-bond donors (Lipinski definition) is 4. The molecule has 0 amide bonds. The molecule has 0 bridgehead atoms. The van der Waals surface area contributed by atoms with Crippen LogP contribution in [0.3, 0.4) is 0 Å². The number of hydrogen-bond acceptors (Lipinski definition) is 6. The van der Waals surface area contributed by atoms with E-state index in [1.807, 2.05) is 0 Å². The Morgan fingerprint density at radius 1 is 1.25 bits per heavy atom. The fourth-order valence-electron chi connectivity index (χ4n) is 3.18. The van der Waals surface area contributed by atoms with Gasteiger partial charge >= 0.3 is 11.9 Å². The Labute approximate surface area is 177 Å². The van der Waals surface area contributed by atoms with Crippen molar-refractivity contribution in [2.45, 2.75) is 25.1 Å². The van der Waals surface area contributed by atoms with Crippen molar-refractivity contribution in [1.29, 1.82) is 0 Å². The van der Waals surface area contributed by atoms with Gasteiger partial charge in [0.1, 0.15) is 11.5 Å². The molecule has 12 heteroatoms. The normalized spacial score (nSPS) is 15.6. The number of aromatic hydroxyl groups is 1. The second-order valence-corrected chi connectivity index (χ2v) is 7.38. The third-order valence-corrected chi connectivity index (χ3v) is 4.84. The highest BCUT2D eigenvalue weighted by atomic mass is 19.4. The van der Waals surface area contributed by atoms with E-state index in [-0.39, 0.29) is 29.1 Å². The summed E-state index contributed by atoms with van der Waals surface area (Å²) in [6.07, 6.45) is 0.396. The van der Waals surface area contributed by atoms with Crippen LogP contribution in [0.15, 0.2) is 46.3 Å². The number of aromatic nitrogens is 5. The van der Waals surface area contributed by atoms with E-state index in [0.29, 0.717) is 16.4 Å². The minimum absolute atomic E-state index is 0.142. The Hall–Kier alpha value is -4.09. The van der Waals surface area contributed by atoms with Crippen LogP contribution in [0.5, 0.6) is 5.88 Å². The Morgan fingerprint density at radius 2 is 2.06 bits per heavy atom. The topological polar surface area (TPSA) is 123 Å². The standard InChI is InChI=1S/C20H16F3N7O2/c21-20(22,23)11-2-1-3-13(7-11)25-15-8-16(26-12-4-5-12)30-17(28-15)10(9-24-30)6-14-18(31)29-19(32)27-14/h1-3,6-9,12,25,31H,4-5H2,(H2,27,29,32)/b10-6+,26-16?. The van der Waals surface area contributed by atoms with E-state index in [1.165, 1.54) is 28.9 Å². The zero-order valence-corrected chi connectivity index (χ0v) is 16.3. The molecule has 1 fully saturated rings. The molecule has 164 valence electrons. The predicted octanol–water partition coefficient (Wildman–Crippen LogP) is 1.82. The van der Waals surface area contributed by atoms with Crippen molar-refractivity contribution in [1.82, 2.24) is 24.6 Å². The summed E-state index contributed by atoms with van der Waals surface area (Å²) in [5, 5.41) is 17.5.